The minimum atomic E-state index is -4.46. The second-order valence-corrected chi connectivity index (χ2v) is 2.05. The SMILES string of the molecule is C=CCC(C=O)N=CC(F)(F)F. The lowest BCUT2D eigenvalue weighted by atomic mass is 10.2. The fraction of sp³-hybridized carbons (Fsp3) is 0.429. The van der Waals surface area contributed by atoms with Crippen LogP contribution in [0.25, 0.3) is 0 Å². The molecule has 0 spiro atoms. The molecule has 0 rings (SSSR count). The number of aliphatic imine (C=N–C) groups is 1. The van der Waals surface area contributed by atoms with Crippen molar-refractivity contribution in [3.05, 3.63) is 12.7 Å². The van der Waals surface area contributed by atoms with Gasteiger partial charge in [-0.25, -0.2) is 0 Å². The molecule has 0 amide bonds. The molecule has 0 aromatic rings. The first-order chi connectivity index (χ1) is 5.49. The van der Waals surface area contributed by atoms with Crippen LogP contribution in [0.1, 0.15) is 6.42 Å². The van der Waals surface area contributed by atoms with Crippen LogP contribution in [-0.2, 0) is 4.79 Å². The molecule has 0 saturated carbocycles. The molecule has 0 fully saturated rings. The Balaban J connectivity index is 4.09. The highest BCUT2D eigenvalue weighted by molar-refractivity contribution is 5.68. The van der Waals surface area contributed by atoms with Crippen LogP contribution in [0.2, 0.25) is 0 Å². The molecule has 0 saturated heterocycles. The van der Waals surface area contributed by atoms with Crippen molar-refractivity contribution < 1.29 is 18.0 Å². The predicted octanol–water partition coefficient (Wildman–Crippen LogP) is 1.76. The molecule has 0 aliphatic heterocycles. The van der Waals surface area contributed by atoms with Crippen LogP contribution < -0.4 is 0 Å². The number of halogens is 3. The molecule has 68 valence electrons. The largest absolute Gasteiger partial charge is 0.426 e. The third-order valence-corrected chi connectivity index (χ3v) is 0.978. The van der Waals surface area contributed by atoms with E-state index >= 15 is 0 Å². The van der Waals surface area contributed by atoms with Crippen molar-refractivity contribution >= 4 is 12.5 Å². The van der Waals surface area contributed by atoms with Crippen LogP contribution in [0, 0.1) is 0 Å². The van der Waals surface area contributed by atoms with Crippen LogP contribution in [0.15, 0.2) is 17.6 Å². The maximum atomic E-state index is 11.5. The van der Waals surface area contributed by atoms with E-state index in [1.165, 1.54) is 6.08 Å². The monoisotopic (exact) mass is 179 g/mol. The van der Waals surface area contributed by atoms with Crippen LogP contribution in [0.4, 0.5) is 13.2 Å². The van der Waals surface area contributed by atoms with Gasteiger partial charge in [-0.3, -0.25) is 4.99 Å². The lowest BCUT2D eigenvalue weighted by Gasteiger charge is -2.01. The van der Waals surface area contributed by atoms with Gasteiger partial charge in [0.05, 0.1) is 0 Å². The van der Waals surface area contributed by atoms with Gasteiger partial charge in [-0.1, -0.05) is 6.08 Å². The van der Waals surface area contributed by atoms with E-state index in [1.807, 2.05) is 0 Å². The Morgan fingerprint density at radius 2 is 2.08 bits per heavy atom. The highest BCUT2D eigenvalue weighted by atomic mass is 19.4. The third-order valence-electron chi connectivity index (χ3n) is 0.978. The second kappa shape index (κ2) is 4.69. The van der Waals surface area contributed by atoms with Crippen molar-refractivity contribution in [1.82, 2.24) is 0 Å². The molecule has 12 heavy (non-hydrogen) atoms. The van der Waals surface area contributed by atoms with Gasteiger partial charge in [-0.2, -0.15) is 13.2 Å². The Hall–Kier alpha value is -1.13. The minimum absolute atomic E-state index is 0.121. The van der Waals surface area contributed by atoms with Gasteiger partial charge in [0.25, 0.3) is 0 Å². The van der Waals surface area contributed by atoms with Crippen molar-refractivity contribution in [2.45, 2.75) is 18.6 Å². The van der Waals surface area contributed by atoms with Gasteiger partial charge in [-0.15, -0.1) is 6.58 Å². The zero-order chi connectivity index (χ0) is 9.61. The van der Waals surface area contributed by atoms with Gasteiger partial charge in [0.15, 0.2) is 0 Å². The van der Waals surface area contributed by atoms with Crippen LogP contribution in [0.3, 0.4) is 0 Å². The van der Waals surface area contributed by atoms with E-state index in [-0.39, 0.29) is 12.6 Å². The number of carbonyl (C=O) groups is 1. The molecular formula is C7H8F3NO. The number of nitrogens with zero attached hydrogens (tertiary/aromatic N) is 1. The fourth-order valence-corrected chi connectivity index (χ4v) is 0.503. The molecule has 0 aromatic carbocycles. The quantitative estimate of drug-likeness (QED) is 0.367. The van der Waals surface area contributed by atoms with E-state index in [1.54, 1.807) is 0 Å². The fourth-order valence-electron chi connectivity index (χ4n) is 0.503. The van der Waals surface area contributed by atoms with E-state index in [9.17, 15) is 18.0 Å². The Morgan fingerprint density at radius 1 is 1.50 bits per heavy atom. The summed E-state index contributed by atoms with van der Waals surface area (Å²) in [7, 11) is 0. The maximum Gasteiger partial charge on any atom is 0.426 e. The standard InChI is InChI=1S/C7H8F3NO/c1-2-3-6(4-12)11-5-7(8,9)10/h2,4-6H,1,3H2. The van der Waals surface area contributed by atoms with E-state index < -0.39 is 12.2 Å². The van der Waals surface area contributed by atoms with Gasteiger partial charge in [0.2, 0.25) is 0 Å². The minimum Gasteiger partial charge on any atom is -0.301 e. The summed E-state index contributed by atoms with van der Waals surface area (Å²) >= 11 is 0. The molecule has 1 atom stereocenters. The van der Waals surface area contributed by atoms with Gasteiger partial charge < -0.3 is 4.79 Å². The average Bonchev–Trinajstić information content (AvgIpc) is 1.96. The lowest BCUT2D eigenvalue weighted by Crippen LogP contribution is -2.13. The highest BCUT2D eigenvalue weighted by Gasteiger charge is 2.24. The molecule has 0 heterocycles. The van der Waals surface area contributed by atoms with Crippen molar-refractivity contribution in [2.24, 2.45) is 4.99 Å². The summed E-state index contributed by atoms with van der Waals surface area (Å²) in [4.78, 5) is 13.1. The summed E-state index contributed by atoms with van der Waals surface area (Å²) in [6.45, 7) is 3.28. The average molecular weight is 179 g/mol. The topological polar surface area (TPSA) is 29.4 Å². The van der Waals surface area contributed by atoms with Gasteiger partial charge in [-0.05, 0) is 6.42 Å². The Labute approximate surface area is 67.8 Å². The van der Waals surface area contributed by atoms with E-state index in [2.05, 4.69) is 11.6 Å². The zero-order valence-electron chi connectivity index (χ0n) is 6.21. The molecule has 0 aliphatic rings. The summed E-state index contributed by atoms with van der Waals surface area (Å²) in [5, 5.41) is 0. The van der Waals surface area contributed by atoms with Gasteiger partial charge in [0, 0.05) is 0 Å². The number of hydrogen-bond donors (Lipinski definition) is 0. The third kappa shape index (κ3) is 5.64. The Morgan fingerprint density at radius 3 is 2.42 bits per heavy atom. The van der Waals surface area contributed by atoms with Gasteiger partial charge in [0.1, 0.15) is 18.5 Å². The first kappa shape index (κ1) is 10.9. The van der Waals surface area contributed by atoms with Crippen molar-refractivity contribution in [3.63, 3.8) is 0 Å². The normalized spacial score (nSPS) is 14.6. The van der Waals surface area contributed by atoms with Crippen LogP contribution >= 0.6 is 0 Å². The second-order valence-electron chi connectivity index (χ2n) is 2.05. The highest BCUT2D eigenvalue weighted by Crippen LogP contribution is 2.11. The summed E-state index contributed by atoms with van der Waals surface area (Å²) in [6, 6.07) is -0.968. The maximum absolute atomic E-state index is 11.5. The summed E-state index contributed by atoms with van der Waals surface area (Å²) in [5.74, 6) is 0. The van der Waals surface area contributed by atoms with Gasteiger partial charge >= 0.3 is 6.18 Å². The van der Waals surface area contributed by atoms with Crippen LogP contribution in [0.5, 0.6) is 0 Å². The molecule has 0 bridgehead atoms. The van der Waals surface area contributed by atoms with Crippen molar-refractivity contribution in [1.29, 1.82) is 0 Å². The molecule has 0 N–H and O–H groups in total. The number of aldehydes is 1. The zero-order valence-corrected chi connectivity index (χ0v) is 6.21. The predicted molar refractivity (Wildman–Crippen MR) is 39.2 cm³/mol. The molecule has 2 nitrogen and oxygen atoms in total. The van der Waals surface area contributed by atoms with E-state index in [0.717, 1.165) is 0 Å². The first-order valence-corrected chi connectivity index (χ1v) is 3.17. The van der Waals surface area contributed by atoms with Crippen LogP contribution in [-0.4, -0.2) is 24.7 Å². The Kier molecular flexibility index (Phi) is 4.25. The molecule has 0 radical (unpaired) electrons. The summed E-state index contributed by atoms with van der Waals surface area (Å²) in [5.41, 5.74) is 0. The Bertz CT molecular complexity index is 186. The molecule has 0 aromatic heterocycles. The number of rotatable bonds is 4. The smallest absolute Gasteiger partial charge is 0.301 e. The lowest BCUT2D eigenvalue weighted by molar-refractivity contribution is -0.108. The summed E-state index contributed by atoms with van der Waals surface area (Å²) in [6.07, 6.45) is -2.83. The molecule has 0 aliphatic carbocycles. The van der Waals surface area contributed by atoms with E-state index in [0.29, 0.717) is 6.29 Å². The van der Waals surface area contributed by atoms with E-state index in [4.69, 9.17) is 0 Å². The number of carbonyl (C=O) groups excluding carboxylic acids is 1. The molecule has 5 heteroatoms. The van der Waals surface area contributed by atoms with Crippen molar-refractivity contribution in [3.8, 4) is 0 Å². The molecule has 1 unspecified atom stereocenters. The number of alkyl halides is 3. The first-order valence-electron chi connectivity index (χ1n) is 3.17. The summed E-state index contributed by atoms with van der Waals surface area (Å²) < 4.78 is 34.5. The number of hydrogen-bond acceptors (Lipinski definition) is 2. The molecular weight excluding hydrogens is 171 g/mol. The van der Waals surface area contributed by atoms with Crippen molar-refractivity contribution in [2.75, 3.05) is 0 Å².